The van der Waals surface area contributed by atoms with Gasteiger partial charge in [-0.3, -0.25) is 9.69 Å². The summed E-state index contributed by atoms with van der Waals surface area (Å²) in [7, 11) is 0. The van der Waals surface area contributed by atoms with E-state index >= 15 is 0 Å². The number of hydrogen-bond acceptors (Lipinski definition) is 4. The Labute approximate surface area is 178 Å². The van der Waals surface area contributed by atoms with Crippen LogP contribution in [0.2, 0.25) is 0 Å². The molecule has 2 aliphatic heterocycles. The molecule has 0 unspecified atom stereocenters. The fourth-order valence-electron chi connectivity index (χ4n) is 5.12. The Bertz CT molecular complexity index is 709. The van der Waals surface area contributed by atoms with Crippen LogP contribution >= 0.6 is 0 Å². The summed E-state index contributed by atoms with van der Waals surface area (Å²) in [5.41, 5.74) is 0.504. The van der Waals surface area contributed by atoms with Gasteiger partial charge in [0.2, 0.25) is 5.91 Å². The first-order valence-electron chi connectivity index (χ1n) is 11.5. The molecule has 1 atom stereocenters. The molecule has 4 rings (SSSR count). The van der Waals surface area contributed by atoms with Crippen LogP contribution in [0.25, 0.3) is 0 Å². The van der Waals surface area contributed by atoms with E-state index in [1.165, 1.54) is 25.3 Å². The first-order valence-corrected chi connectivity index (χ1v) is 11.5. The second kappa shape index (κ2) is 10.1. The Morgan fingerprint density at radius 3 is 2.50 bits per heavy atom. The first kappa shape index (κ1) is 21.5. The average molecular weight is 421 g/mol. The van der Waals surface area contributed by atoms with Crippen LogP contribution in [0.3, 0.4) is 0 Å². The predicted octanol–water partition coefficient (Wildman–Crippen LogP) is 2.90. The van der Waals surface area contributed by atoms with Gasteiger partial charge >= 0.3 is 0 Å². The second-order valence-corrected chi connectivity index (χ2v) is 9.09. The zero-order chi connectivity index (χ0) is 20.9. The van der Waals surface area contributed by atoms with Crippen LogP contribution in [0, 0.1) is 17.6 Å². The van der Waals surface area contributed by atoms with Crippen molar-refractivity contribution in [2.75, 3.05) is 44.2 Å². The maximum atomic E-state index is 14.0. The topological polar surface area (TPSA) is 47.6 Å². The van der Waals surface area contributed by atoms with Gasteiger partial charge in [0.25, 0.3) is 0 Å². The summed E-state index contributed by atoms with van der Waals surface area (Å²) in [5.74, 6) is -0.0860. The Morgan fingerprint density at radius 2 is 1.83 bits per heavy atom. The molecule has 1 aromatic rings. The smallest absolute Gasteiger partial charge is 0.237 e. The summed E-state index contributed by atoms with van der Waals surface area (Å²) >= 11 is 0. The summed E-state index contributed by atoms with van der Waals surface area (Å²) in [6.45, 7) is 5.41. The summed E-state index contributed by atoms with van der Waals surface area (Å²) in [5, 5.41) is 6.52. The summed E-state index contributed by atoms with van der Waals surface area (Å²) in [6, 6.07) is 4.19. The number of hydrogen-bond donors (Lipinski definition) is 2. The number of rotatable bonds is 6. The van der Waals surface area contributed by atoms with Crippen molar-refractivity contribution in [2.45, 2.75) is 57.0 Å². The molecular weight excluding hydrogens is 386 g/mol. The number of anilines is 1. The molecule has 3 aliphatic rings. The number of benzene rings is 1. The summed E-state index contributed by atoms with van der Waals surface area (Å²) in [4.78, 5) is 16.7. The lowest BCUT2D eigenvalue weighted by Gasteiger charge is -2.37. The lowest BCUT2D eigenvalue weighted by molar-refractivity contribution is -0.123. The third-order valence-electron chi connectivity index (χ3n) is 7.05. The van der Waals surface area contributed by atoms with Crippen LogP contribution in [0.5, 0.6) is 0 Å². The normalized spacial score (nSPS) is 27.9. The van der Waals surface area contributed by atoms with Crippen LogP contribution in [-0.2, 0) is 4.79 Å². The summed E-state index contributed by atoms with van der Waals surface area (Å²) in [6.07, 6.45) is 7.78. The van der Waals surface area contributed by atoms with Crippen molar-refractivity contribution in [1.29, 1.82) is 0 Å². The van der Waals surface area contributed by atoms with E-state index in [1.54, 1.807) is 6.07 Å². The van der Waals surface area contributed by atoms with Gasteiger partial charge in [0.15, 0.2) is 0 Å². The number of piperazine rings is 1. The van der Waals surface area contributed by atoms with Gasteiger partial charge in [-0.2, -0.15) is 0 Å². The quantitative estimate of drug-likeness (QED) is 0.743. The number of halogens is 2. The second-order valence-electron chi connectivity index (χ2n) is 9.09. The molecule has 1 amide bonds. The van der Waals surface area contributed by atoms with Gasteiger partial charge in [-0.05, 0) is 76.1 Å². The van der Waals surface area contributed by atoms with Gasteiger partial charge in [-0.15, -0.1) is 0 Å². The van der Waals surface area contributed by atoms with Gasteiger partial charge in [0.1, 0.15) is 11.6 Å². The lowest BCUT2D eigenvalue weighted by Crippen LogP contribution is -2.47. The predicted molar refractivity (Wildman–Crippen MR) is 115 cm³/mol. The van der Waals surface area contributed by atoms with Crippen LogP contribution < -0.4 is 15.5 Å². The SMILES string of the molecule is O=C(NC1CCC(CCN2CCN(c3ccc(F)cc3F)CC2)CC1)[C@@H]1CCCN1. The molecule has 0 radical (unpaired) electrons. The van der Waals surface area contributed by atoms with Crippen molar-refractivity contribution in [1.82, 2.24) is 15.5 Å². The molecule has 2 saturated heterocycles. The van der Waals surface area contributed by atoms with E-state index in [1.807, 2.05) is 4.90 Å². The van der Waals surface area contributed by atoms with Gasteiger partial charge < -0.3 is 15.5 Å². The van der Waals surface area contributed by atoms with Gasteiger partial charge in [0.05, 0.1) is 11.7 Å². The van der Waals surface area contributed by atoms with Crippen LogP contribution in [0.4, 0.5) is 14.5 Å². The van der Waals surface area contributed by atoms with Crippen molar-refractivity contribution in [2.24, 2.45) is 5.92 Å². The molecule has 0 aromatic heterocycles. The molecular formula is C23H34F2N4O. The van der Waals surface area contributed by atoms with E-state index < -0.39 is 11.6 Å². The highest BCUT2D eigenvalue weighted by molar-refractivity contribution is 5.82. The highest BCUT2D eigenvalue weighted by Gasteiger charge is 2.27. The highest BCUT2D eigenvalue weighted by Crippen LogP contribution is 2.28. The average Bonchev–Trinajstić information content (AvgIpc) is 3.29. The molecule has 0 bridgehead atoms. The number of nitrogens with one attached hydrogen (secondary N) is 2. The molecule has 3 fully saturated rings. The largest absolute Gasteiger partial charge is 0.367 e. The molecule has 30 heavy (non-hydrogen) atoms. The van der Waals surface area contributed by atoms with Crippen molar-refractivity contribution >= 4 is 11.6 Å². The molecule has 0 spiro atoms. The van der Waals surface area contributed by atoms with E-state index in [-0.39, 0.29) is 11.9 Å². The minimum Gasteiger partial charge on any atom is -0.367 e. The van der Waals surface area contributed by atoms with E-state index in [9.17, 15) is 13.6 Å². The molecule has 166 valence electrons. The minimum atomic E-state index is -0.528. The fourth-order valence-corrected chi connectivity index (χ4v) is 5.12. The molecule has 5 nitrogen and oxygen atoms in total. The first-order chi connectivity index (χ1) is 14.6. The third-order valence-corrected chi connectivity index (χ3v) is 7.05. The zero-order valence-corrected chi connectivity index (χ0v) is 17.7. The molecule has 1 aromatic carbocycles. The molecule has 1 saturated carbocycles. The third kappa shape index (κ3) is 5.49. The van der Waals surface area contributed by atoms with Gasteiger partial charge in [-0.25, -0.2) is 8.78 Å². The maximum absolute atomic E-state index is 14.0. The van der Waals surface area contributed by atoms with Gasteiger partial charge in [-0.1, -0.05) is 0 Å². The maximum Gasteiger partial charge on any atom is 0.237 e. The molecule has 2 heterocycles. The number of carbonyl (C=O) groups is 1. The van der Waals surface area contributed by atoms with E-state index in [0.29, 0.717) is 11.7 Å². The van der Waals surface area contributed by atoms with Crippen molar-refractivity contribution in [3.63, 3.8) is 0 Å². The van der Waals surface area contributed by atoms with Crippen LogP contribution in [0.1, 0.15) is 44.9 Å². The van der Waals surface area contributed by atoms with Crippen molar-refractivity contribution in [3.8, 4) is 0 Å². The minimum absolute atomic E-state index is 0.0183. The van der Waals surface area contributed by atoms with E-state index in [0.717, 1.165) is 76.9 Å². The van der Waals surface area contributed by atoms with Crippen LogP contribution in [0.15, 0.2) is 18.2 Å². The molecule has 2 N–H and O–H groups in total. The number of nitrogens with zero attached hydrogens (tertiary/aromatic N) is 2. The Kier molecular flexibility index (Phi) is 7.20. The Balaban J connectivity index is 1.13. The molecule has 1 aliphatic carbocycles. The van der Waals surface area contributed by atoms with Crippen molar-refractivity contribution in [3.05, 3.63) is 29.8 Å². The fraction of sp³-hybridized carbons (Fsp3) is 0.696. The van der Waals surface area contributed by atoms with E-state index in [4.69, 9.17) is 0 Å². The number of carbonyl (C=O) groups excluding carboxylic acids is 1. The zero-order valence-electron chi connectivity index (χ0n) is 17.7. The van der Waals surface area contributed by atoms with E-state index in [2.05, 4.69) is 15.5 Å². The van der Waals surface area contributed by atoms with Gasteiger partial charge in [0, 0.05) is 38.3 Å². The highest BCUT2D eigenvalue weighted by atomic mass is 19.1. The standard InChI is InChI=1S/C23H34F2N4O/c24-18-5-8-22(20(25)16-18)29-14-12-28(13-15-29)11-9-17-3-6-19(7-4-17)27-23(30)21-2-1-10-26-21/h5,8,16-17,19,21,26H,1-4,6-7,9-15H2,(H,27,30)/t17?,19?,21-/m0/s1. The Morgan fingerprint density at radius 1 is 1.07 bits per heavy atom. The lowest BCUT2D eigenvalue weighted by atomic mass is 9.84. The van der Waals surface area contributed by atoms with Crippen molar-refractivity contribution < 1.29 is 13.6 Å². The molecule has 7 heteroatoms. The van der Waals surface area contributed by atoms with Crippen LogP contribution in [-0.4, -0.2) is 62.2 Å². The Hall–Kier alpha value is -1.73. The monoisotopic (exact) mass is 420 g/mol. The number of amides is 1. The summed E-state index contributed by atoms with van der Waals surface area (Å²) < 4.78 is 27.1.